The van der Waals surface area contributed by atoms with Gasteiger partial charge >= 0.3 is 0 Å². The fraction of sp³-hybridized carbons (Fsp3) is 0.0625. The molecule has 1 aromatic heterocycles. The van der Waals surface area contributed by atoms with Crippen LogP contribution in [0, 0.1) is 0 Å². The molecule has 0 unspecified atom stereocenters. The van der Waals surface area contributed by atoms with Crippen molar-refractivity contribution >= 4 is 44.1 Å². The predicted molar refractivity (Wildman–Crippen MR) is 88.2 cm³/mol. The Bertz CT molecular complexity index is 753. The van der Waals surface area contributed by atoms with Crippen LogP contribution in [0.15, 0.2) is 59.2 Å². The summed E-state index contributed by atoms with van der Waals surface area (Å²) in [5.41, 5.74) is 1.23. The van der Waals surface area contributed by atoms with Crippen molar-refractivity contribution < 1.29 is 0 Å². The van der Waals surface area contributed by atoms with E-state index in [1.54, 1.807) is 6.20 Å². The van der Waals surface area contributed by atoms with Crippen LogP contribution in [0.5, 0.6) is 0 Å². The second-order valence-corrected chi connectivity index (χ2v) is 5.80. The van der Waals surface area contributed by atoms with Crippen molar-refractivity contribution in [3.05, 3.63) is 69.8 Å². The van der Waals surface area contributed by atoms with Crippen LogP contribution in [-0.2, 0) is 6.54 Å². The van der Waals surface area contributed by atoms with Gasteiger partial charge in [0.25, 0.3) is 0 Å². The Morgan fingerprint density at radius 3 is 2.75 bits per heavy atom. The van der Waals surface area contributed by atoms with Crippen molar-refractivity contribution in [2.45, 2.75) is 6.54 Å². The number of anilines is 1. The Morgan fingerprint density at radius 1 is 1.10 bits per heavy atom. The van der Waals surface area contributed by atoms with Gasteiger partial charge in [-0.3, -0.25) is 0 Å². The summed E-state index contributed by atoms with van der Waals surface area (Å²) in [5.74, 6) is 0.697. The number of nitrogens with one attached hydrogen (secondary N) is 1. The van der Waals surface area contributed by atoms with Crippen molar-refractivity contribution in [1.82, 2.24) is 4.98 Å². The van der Waals surface area contributed by atoms with E-state index >= 15 is 0 Å². The lowest BCUT2D eigenvalue weighted by atomic mass is 10.0. The molecule has 0 saturated heterocycles. The zero-order chi connectivity index (χ0) is 13.9. The minimum atomic E-state index is 0.611. The second-order valence-electron chi connectivity index (χ2n) is 4.48. The van der Waals surface area contributed by atoms with E-state index in [9.17, 15) is 0 Å². The lowest BCUT2D eigenvalue weighted by molar-refractivity contribution is 1.12. The Kier molecular flexibility index (Phi) is 3.90. The van der Waals surface area contributed by atoms with E-state index in [0.29, 0.717) is 17.4 Å². The largest absolute Gasteiger partial charge is 0.365 e. The number of pyridine rings is 1. The Balaban J connectivity index is 1.87. The molecule has 0 aliphatic rings. The molecule has 0 spiro atoms. The molecule has 3 aromatic rings. The molecule has 0 bridgehead atoms. The third kappa shape index (κ3) is 2.79. The molecule has 0 saturated carbocycles. The standard InChI is InChI=1S/C16H12BrClN2/c17-13-8-15(18)16(20-10-13)19-9-12-6-3-5-11-4-1-2-7-14(11)12/h1-8,10H,9H2,(H,19,20). The summed E-state index contributed by atoms with van der Waals surface area (Å²) in [6, 6.07) is 16.5. The van der Waals surface area contributed by atoms with Crippen LogP contribution >= 0.6 is 27.5 Å². The van der Waals surface area contributed by atoms with E-state index in [-0.39, 0.29) is 0 Å². The predicted octanol–water partition coefficient (Wildman–Crippen LogP) is 5.26. The summed E-state index contributed by atoms with van der Waals surface area (Å²) in [6.45, 7) is 0.690. The summed E-state index contributed by atoms with van der Waals surface area (Å²) in [4.78, 5) is 4.28. The fourth-order valence-electron chi connectivity index (χ4n) is 2.17. The van der Waals surface area contributed by atoms with Gasteiger partial charge in [0, 0.05) is 17.2 Å². The topological polar surface area (TPSA) is 24.9 Å². The minimum Gasteiger partial charge on any atom is -0.365 e. The van der Waals surface area contributed by atoms with Crippen LogP contribution in [0.3, 0.4) is 0 Å². The van der Waals surface area contributed by atoms with E-state index in [0.717, 1.165) is 4.47 Å². The van der Waals surface area contributed by atoms with Crippen molar-refractivity contribution in [2.75, 3.05) is 5.32 Å². The molecule has 4 heteroatoms. The lowest BCUT2D eigenvalue weighted by Gasteiger charge is -2.10. The summed E-state index contributed by atoms with van der Waals surface area (Å²) < 4.78 is 0.873. The molecule has 20 heavy (non-hydrogen) atoms. The molecule has 0 amide bonds. The number of fused-ring (bicyclic) bond motifs is 1. The highest BCUT2D eigenvalue weighted by Crippen LogP contribution is 2.24. The van der Waals surface area contributed by atoms with Gasteiger partial charge in [0.05, 0.1) is 5.02 Å². The molecule has 0 atom stereocenters. The van der Waals surface area contributed by atoms with Crippen LogP contribution in [0.4, 0.5) is 5.82 Å². The molecule has 100 valence electrons. The van der Waals surface area contributed by atoms with Crippen molar-refractivity contribution in [1.29, 1.82) is 0 Å². The van der Waals surface area contributed by atoms with Gasteiger partial charge in [-0.05, 0) is 38.3 Å². The zero-order valence-electron chi connectivity index (χ0n) is 10.6. The Morgan fingerprint density at radius 2 is 1.90 bits per heavy atom. The van der Waals surface area contributed by atoms with Crippen molar-refractivity contribution in [3.8, 4) is 0 Å². The Hall–Kier alpha value is -1.58. The third-order valence-electron chi connectivity index (χ3n) is 3.13. The van der Waals surface area contributed by atoms with Crippen LogP contribution in [0.1, 0.15) is 5.56 Å². The summed E-state index contributed by atoms with van der Waals surface area (Å²) in [6.07, 6.45) is 1.73. The highest BCUT2D eigenvalue weighted by atomic mass is 79.9. The van der Waals surface area contributed by atoms with Gasteiger partial charge in [-0.2, -0.15) is 0 Å². The number of nitrogens with zero attached hydrogens (tertiary/aromatic N) is 1. The van der Waals surface area contributed by atoms with Gasteiger partial charge in [0.15, 0.2) is 0 Å². The van der Waals surface area contributed by atoms with E-state index < -0.39 is 0 Å². The van der Waals surface area contributed by atoms with Crippen LogP contribution in [0.25, 0.3) is 10.8 Å². The van der Waals surface area contributed by atoms with Crippen molar-refractivity contribution in [2.24, 2.45) is 0 Å². The number of hydrogen-bond acceptors (Lipinski definition) is 2. The third-order valence-corrected chi connectivity index (χ3v) is 3.86. The minimum absolute atomic E-state index is 0.611. The fourth-order valence-corrected chi connectivity index (χ4v) is 2.87. The molecule has 0 aliphatic carbocycles. The maximum atomic E-state index is 6.16. The van der Waals surface area contributed by atoms with Gasteiger partial charge in [0.2, 0.25) is 0 Å². The van der Waals surface area contributed by atoms with Gasteiger partial charge in [0.1, 0.15) is 5.82 Å². The first kappa shape index (κ1) is 13.4. The maximum absolute atomic E-state index is 6.16. The monoisotopic (exact) mass is 346 g/mol. The van der Waals surface area contributed by atoms with Crippen molar-refractivity contribution in [3.63, 3.8) is 0 Å². The summed E-state index contributed by atoms with van der Waals surface area (Å²) in [7, 11) is 0. The van der Waals surface area contributed by atoms with Gasteiger partial charge < -0.3 is 5.32 Å². The highest BCUT2D eigenvalue weighted by Gasteiger charge is 2.04. The highest BCUT2D eigenvalue weighted by molar-refractivity contribution is 9.10. The number of rotatable bonds is 3. The second kappa shape index (κ2) is 5.81. The Labute approximate surface area is 130 Å². The first-order chi connectivity index (χ1) is 9.74. The van der Waals surface area contributed by atoms with Crippen LogP contribution in [0.2, 0.25) is 5.02 Å². The zero-order valence-corrected chi connectivity index (χ0v) is 12.9. The molecule has 3 rings (SSSR count). The van der Waals surface area contributed by atoms with Gasteiger partial charge in [-0.25, -0.2) is 4.98 Å². The first-order valence-corrected chi connectivity index (χ1v) is 7.43. The lowest BCUT2D eigenvalue weighted by Crippen LogP contribution is -2.02. The van der Waals surface area contributed by atoms with Crippen LogP contribution in [-0.4, -0.2) is 4.98 Å². The molecule has 2 aromatic carbocycles. The number of aromatic nitrogens is 1. The van der Waals surface area contributed by atoms with E-state index in [1.165, 1.54) is 16.3 Å². The average Bonchev–Trinajstić information content (AvgIpc) is 2.46. The molecular weight excluding hydrogens is 336 g/mol. The molecule has 0 aliphatic heterocycles. The van der Waals surface area contributed by atoms with E-state index in [4.69, 9.17) is 11.6 Å². The molecule has 1 N–H and O–H groups in total. The quantitative estimate of drug-likeness (QED) is 0.699. The first-order valence-electron chi connectivity index (χ1n) is 6.25. The number of benzene rings is 2. The van der Waals surface area contributed by atoms with Crippen LogP contribution < -0.4 is 5.32 Å². The average molecular weight is 348 g/mol. The smallest absolute Gasteiger partial charge is 0.145 e. The molecular formula is C16H12BrClN2. The molecule has 0 radical (unpaired) electrons. The molecule has 2 nitrogen and oxygen atoms in total. The maximum Gasteiger partial charge on any atom is 0.145 e. The van der Waals surface area contributed by atoms with E-state index in [2.05, 4.69) is 62.6 Å². The number of hydrogen-bond donors (Lipinski definition) is 1. The van der Waals surface area contributed by atoms with Gasteiger partial charge in [-0.15, -0.1) is 0 Å². The molecule has 1 heterocycles. The normalized spacial score (nSPS) is 10.7. The summed E-state index contributed by atoms with van der Waals surface area (Å²) in [5, 5.41) is 6.38. The molecule has 0 fully saturated rings. The number of halogens is 2. The van der Waals surface area contributed by atoms with E-state index in [1.807, 2.05) is 12.1 Å². The van der Waals surface area contributed by atoms with Gasteiger partial charge in [-0.1, -0.05) is 54.1 Å². The SMILES string of the molecule is Clc1cc(Br)cnc1NCc1cccc2ccccc12. The summed E-state index contributed by atoms with van der Waals surface area (Å²) >= 11 is 9.51.